The van der Waals surface area contributed by atoms with Crippen LogP contribution in [0.15, 0.2) is 0 Å². The maximum Gasteiger partial charge on any atom is 0.226 e. The van der Waals surface area contributed by atoms with Crippen molar-refractivity contribution in [2.75, 3.05) is 26.3 Å². The first-order valence-electron chi connectivity index (χ1n) is 5.80. The summed E-state index contributed by atoms with van der Waals surface area (Å²) in [5.41, 5.74) is 0. The molecule has 0 bridgehead atoms. The van der Waals surface area contributed by atoms with Gasteiger partial charge in [0.05, 0.1) is 13.2 Å². The third-order valence-electron chi connectivity index (χ3n) is 3.70. The Morgan fingerprint density at radius 2 is 2.12 bits per heavy atom. The molecule has 16 heavy (non-hydrogen) atoms. The average molecular weight is 226 g/mol. The number of morpholine rings is 1. The van der Waals surface area contributed by atoms with Gasteiger partial charge in [0.2, 0.25) is 12.3 Å². The van der Waals surface area contributed by atoms with Crippen LogP contribution in [0.3, 0.4) is 0 Å². The molecule has 0 radical (unpaired) electrons. The molecule has 2 rings (SSSR count). The first kappa shape index (κ1) is 11.4. The Kier molecular flexibility index (Phi) is 3.43. The summed E-state index contributed by atoms with van der Waals surface area (Å²) >= 11 is 0. The van der Waals surface area contributed by atoms with Crippen LogP contribution in [0.25, 0.3) is 0 Å². The highest BCUT2D eigenvalue weighted by Gasteiger charge is 2.43. The van der Waals surface area contributed by atoms with Gasteiger partial charge in [-0.05, 0) is 12.3 Å². The lowest BCUT2D eigenvalue weighted by Crippen LogP contribution is -2.56. The largest absolute Gasteiger partial charge is 0.378 e. The van der Waals surface area contributed by atoms with Gasteiger partial charge in [0, 0.05) is 25.0 Å². The second kappa shape index (κ2) is 4.82. The minimum Gasteiger partial charge on any atom is -0.378 e. The summed E-state index contributed by atoms with van der Waals surface area (Å²) in [4.78, 5) is 24.3. The van der Waals surface area contributed by atoms with Crippen molar-refractivity contribution >= 4 is 12.3 Å². The van der Waals surface area contributed by atoms with Crippen LogP contribution in [-0.2, 0) is 14.3 Å². The molecule has 1 saturated heterocycles. The Morgan fingerprint density at radius 1 is 1.44 bits per heavy atom. The fraction of sp³-hybridized carbons (Fsp3) is 0.818. The second-order valence-electron chi connectivity index (χ2n) is 4.53. The Hall–Kier alpha value is -1.10. The number of rotatable bonds is 3. The first-order valence-corrected chi connectivity index (χ1v) is 5.80. The summed E-state index contributed by atoms with van der Waals surface area (Å²) in [6.45, 7) is 4.71. The SMILES string of the molecule is CC1C(NC=O)CC1C(=O)N1CCOCC1. The van der Waals surface area contributed by atoms with E-state index in [1.165, 1.54) is 0 Å². The van der Waals surface area contributed by atoms with Crippen LogP contribution < -0.4 is 5.32 Å². The molecule has 0 spiro atoms. The van der Waals surface area contributed by atoms with Crippen LogP contribution in [0.2, 0.25) is 0 Å². The molecular formula is C11H18N2O3. The number of ether oxygens (including phenoxy) is 1. The van der Waals surface area contributed by atoms with Gasteiger partial charge in [0.15, 0.2) is 0 Å². The molecule has 3 atom stereocenters. The molecule has 1 saturated carbocycles. The number of nitrogens with one attached hydrogen (secondary N) is 1. The van der Waals surface area contributed by atoms with Gasteiger partial charge in [-0.1, -0.05) is 6.92 Å². The molecule has 2 fully saturated rings. The highest BCUT2D eigenvalue weighted by Crippen LogP contribution is 2.35. The number of amides is 2. The zero-order valence-corrected chi connectivity index (χ0v) is 9.52. The molecule has 1 heterocycles. The highest BCUT2D eigenvalue weighted by atomic mass is 16.5. The van der Waals surface area contributed by atoms with Crippen molar-refractivity contribution < 1.29 is 14.3 Å². The minimum absolute atomic E-state index is 0.0792. The lowest BCUT2D eigenvalue weighted by atomic mass is 9.69. The van der Waals surface area contributed by atoms with Crippen molar-refractivity contribution in [3.05, 3.63) is 0 Å². The number of carbonyl (C=O) groups excluding carboxylic acids is 2. The maximum atomic E-state index is 12.1. The van der Waals surface area contributed by atoms with Gasteiger partial charge in [0.25, 0.3) is 0 Å². The van der Waals surface area contributed by atoms with Crippen LogP contribution >= 0.6 is 0 Å². The van der Waals surface area contributed by atoms with Crippen LogP contribution in [0, 0.1) is 11.8 Å². The Balaban J connectivity index is 1.84. The maximum absolute atomic E-state index is 12.1. The van der Waals surface area contributed by atoms with Crippen LogP contribution in [0.5, 0.6) is 0 Å². The summed E-state index contributed by atoms with van der Waals surface area (Å²) in [5.74, 6) is 0.552. The van der Waals surface area contributed by atoms with E-state index in [0.717, 1.165) is 12.8 Å². The van der Waals surface area contributed by atoms with E-state index in [4.69, 9.17) is 4.74 Å². The summed E-state index contributed by atoms with van der Waals surface area (Å²) in [6, 6.07) is 0.174. The smallest absolute Gasteiger partial charge is 0.226 e. The third kappa shape index (κ3) is 2.04. The minimum atomic E-state index is 0.0792. The Morgan fingerprint density at radius 3 is 2.69 bits per heavy atom. The summed E-state index contributed by atoms with van der Waals surface area (Å²) in [6.07, 6.45) is 1.49. The lowest BCUT2D eigenvalue weighted by molar-refractivity contribution is -0.146. The number of nitrogens with zero attached hydrogens (tertiary/aromatic N) is 1. The molecule has 2 amide bonds. The molecule has 0 aromatic rings. The van der Waals surface area contributed by atoms with Gasteiger partial charge >= 0.3 is 0 Å². The van der Waals surface area contributed by atoms with E-state index in [2.05, 4.69) is 5.32 Å². The first-order chi connectivity index (χ1) is 7.74. The zero-order chi connectivity index (χ0) is 11.5. The van der Waals surface area contributed by atoms with E-state index < -0.39 is 0 Å². The second-order valence-corrected chi connectivity index (χ2v) is 4.53. The topological polar surface area (TPSA) is 58.6 Å². The molecule has 2 aliphatic rings. The van der Waals surface area contributed by atoms with Crippen LogP contribution in [-0.4, -0.2) is 49.6 Å². The van der Waals surface area contributed by atoms with Crippen molar-refractivity contribution in [2.45, 2.75) is 19.4 Å². The van der Waals surface area contributed by atoms with Crippen molar-refractivity contribution in [1.82, 2.24) is 10.2 Å². The van der Waals surface area contributed by atoms with E-state index in [1.807, 2.05) is 11.8 Å². The van der Waals surface area contributed by atoms with E-state index >= 15 is 0 Å². The number of hydrogen-bond donors (Lipinski definition) is 1. The van der Waals surface area contributed by atoms with Gasteiger partial charge in [-0.25, -0.2) is 0 Å². The van der Waals surface area contributed by atoms with E-state index in [0.29, 0.717) is 26.3 Å². The van der Waals surface area contributed by atoms with Crippen LogP contribution in [0.1, 0.15) is 13.3 Å². The van der Waals surface area contributed by atoms with Crippen molar-refractivity contribution in [2.24, 2.45) is 11.8 Å². The molecule has 1 N–H and O–H groups in total. The monoisotopic (exact) mass is 226 g/mol. The lowest BCUT2D eigenvalue weighted by Gasteiger charge is -2.44. The van der Waals surface area contributed by atoms with Gasteiger partial charge in [-0.15, -0.1) is 0 Å². The Bertz CT molecular complexity index is 276. The quantitative estimate of drug-likeness (QED) is 0.667. The normalized spacial score (nSPS) is 34.1. The van der Waals surface area contributed by atoms with E-state index in [1.54, 1.807) is 0 Å². The molecular weight excluding hydrogens is 208 g/mol. The molecule has 5 heteroatoms. The van der Waals surface area contributed by atoms with Crippen molar-refractivity contribution in [1.29, 1.82) is 0 Å². The van der Waals surface area contributed by atoms with E-state index in [-0.39, 0.29) is 23.8 Å². The summed E-state index contributed by atoms with van der Waals surface area (Å²) < 4.78 is 5.22. The van der Waals surface area contributed by atoms with Crippen LogP contribution in [0.4, 0.5) is 0 Å². The molecule has 0 aromatic carbocycles. The summed E-state index contributed by atoms with van der Waals surface area (Å²) in [7, 11) is 0. The van der Waals surface area contributed by atoms with Gasteiger partial charge in [-0.3, -0.25) is 9.59 Å². The molecule has 5 nitrogen and oxygen atoms in total. The van der Waals surface area contributed by atoms with Crippen molar-refractivity contribution in [3.63, 3.8) is 0 Å². The van der Waals surface area contributed by atoms with E-state index in [9.17, 15) is 9.59 Å². The Labute approximate surface area is 95.1 Å². The summed E-state index contributed by atoms with van der Waals surface area (Å²) in [5, 5.41) is 2.74. The fourth-order valence-electron chi connectivity index (χ4n) is 2.44. The standard InChI is InChI=1S/C11H18N2O3/c1-8-9(6-10(8)12-7-14)11(15)13-2-4-16-5-3-13/h7-10H,2-6H2,1H3,(H,12,14). The average Bonchev–Trinajstić information content (AvgIpc) is 2.34. The predicted molar refractivity (Wildman–Crippen MR) is 57.7 cm³/mol. The number of carbonyl (C=O) groups is 2. The third-order valence-corrected chi connectivity index (χ3v) is 3.70. The van der Waals surface area contributed by atoms with Crippen molar-refractivity contribution in [3.8, 4) is 0 Å². The molecule has 3 unspecified atom stereocenters. The van der Waals surface area contributed by atoms with Gasteiger partial charge in [-0.2, -0.15) is 0 Å². The molecule has 1 aliphatic carbocycles. The number of hydrogen-bond acceptors (Lipinski definition) is 3. The van der Waals surface area contributed by atoms with Gasteiger partial charge < -0.3 is 15.0 Å². The zero-order valence-electron chi connectivity index (χ0n) is 9.52. The predicted octanol–water partition coefficient (Wildman–Crippen LogP) is -0.384. The van der Waals surface area contributed by atoms with Gasteiger partial charge in [0.1, 0.15) is 0 Å². The highest BCUT2D eigenvalue weighted by molar-refractivity contribution is 5.80. The molecule has 1 aliphatic heterocycles. The molecule has 90 valence electrons. The fourth-order valence-corrected chi connectivity index (χ4v) is 2.44. The molecule has 0 aromatic heterocycles.